The summed E-state index contributed by atoms with van der Waals surface area (Å²) >= 11 is 0. The van der Waals surface area contributed by atoms with Gasteiger partial charge in [-0.25, -0.2) is 4.98 Å². The van der Waals surface area contributed by atoms with Crippen molar-refractivity contribution in [1.29, 1.82) is 0 Å². The standard InChI is InChI=1S/C13H24N6/c1-4-18(5-2)6-7-19-12(9-16-13(19)14)11-8-15-10-17(11)3/h8,10,12H,4-7,9H2,1-3H3,(H2,14,16). The van der Waals surface area contributed by atoms with E-state index in [4.69, 9.17) is 5.73 Å². The number of aliphatic imine (C=N–C) groups is 1. The van der Waals surface area contributed by atoms with E-state index in [1.54, 1.807) is 0 Å². The minimum atomic E-state index is 0.225. The molecule has 1 unspecified atom stereocenters. The van der Waals surface area contributed by atoms with Crippen molar-refractivity contribution >= 4 is 5.96 Å². The minimum Gasteiger partial charge on any atom is -0.370 e. The van der Waals surface area contributed by atoms with Crippen molar-refractivity contribution in [2.75, 3.05) is 32.7 Å². The van der Waals surface area contributed by atoms with Gasteiger partial charge in [0.1, 0.15) is 0 Å². The van der Waals surface area contributed by atoms with Crippen LogP contribution in [0.1, 0.15) is 25.6 Å². The Bertz CT molecular complexity index is 434. The molecule has 0 saturated heterocycles. The molecule has 1 atom stereocenters. The maximum absolute atomic E-state index is 6.02. The quantitative estimate of drug-likeness (QED) is 0.809. The average Bonchev–Trinajstić information content (AvgIpc) is 2.97. The predicted molar refractivity (Wildman–Crippen MR) is 76.9 cm³/mol. The first-order valence-electron chi connectivity index (χ1n) is 6.92. The fourth-order valence-electron chi connectivity index (χ4n) is 2.53. The van der Waals surface area contributed by atoms with Gasteiger partial charge in [0, 0.05) is 20.1 Å². The van der Waals surface area contributed by atoms with E-state index in [1.165, 1.54) is 5.69 Å². The molecular formula is C13H24N6. The van der Waals surface area contributed by atoms with Gasteiger partial charge in [-0.15, -0.1) is 0 Å². The second-order valence-electron chi connectivity index (χ2n) is 4.86. The molecule has 19 heavy (non-hydrogen) atoms. The molecular weight excluding hydrogens is 240 g/mol. The molecule has 2 rings (SSSR count). The van der Waals surface area contributed by atoms with Crippen LogP contribution < -0.4 is 5.73 Å². The van der Waals surface area contributed by atoms with E-state index in [9.17, 15) is 0 Å². The van der Waals surface area contributed by atoms with Crippen molar-refractivity contribution in [3.05, 3.63) is 18.2 Å². The summed E-state index contributed by atoms with van der Waals surface area (Å²) in [6.07, 6.45) is 3.73. The van der Waals surface area contributed by atoms with Crippen molar-refractivity contribution < 1.29 is 0 Å². The Morgan fingerprint density at radius 3 is 2.74 bits per heavy atom. The van der Waals surface area contributed by atoms with Crippen molar-refractivity contribution in [2.24, 2.45) is 17.8 Å². The zero-order valence-electron chi connectivity index (χ0n) is 12.1. The van der Waals surface area contributed by atoms with Gasteiger partial charge in [0.2, 0.25) is 0 Å². The zero-order chi connectivity index (χ0) is 13.8. The van der Waals surface area contributed by atoms with Gasteiger partial charge in [-0.3, -0.25) is 4.99 Å². The highest BCUT2D eigenvalue weighted by Gasteiger charge is 2.29. The third-order valence-electron chi connectivity index (χ3n) is 3.84. The molecule has 6 heteroatoms. The number of rotatable bonds is 6. The molecule has 0 saturated carbocycles. The van der Waals surface area contributed by atoms with Gasteiger partial charge in [0.25, 0.3) is 0 Å². The molecule has 0 aromatic carbocycles. The maximum Gasteiger partial charge on any atom is 0.192 e. The van der Waals surface area contributed by atoms with Crippen molar-refractivity contribution in [3.8, 4) is 0 Å². The summed E-state index contributed by atoms with van der Waals surface area (Å²) in [6.45, 7) is 9.15. The van der Waals surface area contributed by atoms with Gasteiger partial charge in [-0.05, 0) is 13.1 Å². The molecule has 1 aliphatic rings. The number of guanidine groups is 1. The summed E-state index contributed by atoms with van der Waals surface area (Å²) in [5, 5.41) is 0. The Hall–Kier alpha value is -1.56. The van der Waals surface area contributed by atoms with Gasteiger partial charge < -0.3 is 20.1 Å². The number of aromatic nitrogens is 2. The van der Waals surface area contributed by atoms with E-state index in [0.717, 1.165) is 32.7 Å². The molecule has 2 heterocycles. The van der Waals surface area contributed by atoms with Crippen LogP contribution in [0, 0.1) is 0 Å². The highest BCUT2D eigenvalue weighted by Crippen LogP contribution is 2.24. The van der Waals surface area contributed by atoms with Crippen LogP contribution in [0.25, 0.3) is 0 Å². The maximum atomic E-state index is 6.02. The summed E-state index contributed by atoms with van der Waals surface area (Å²) in [4.78, 5) is 13.2. The normalized spacial score (nSPS) is 19.3. The molecule has 6 nitrogen and oxygen atoms in total. The number of likely N-dealkylation sites (N-methyl/N-ethyl adjacent to an activating group) is 1. The highest BCUT2D eigenvalue weighted by molar-refractivity contribution is 5.80. The number of nitrogens with two attached hydrogens (primary N) is 1. The Kier molecular flexibility index (Phi) is 4.42. The third-order valence-corrected chi connectivity index (χ3v) is 3.84. The Morgan fingerprint density at radius 2 is 2.16 bits per heavy atom. The molecule has 0 radical (unpaired) electrons. The zero-order valence-corrected chi connectivity index (χ0v) is 12.1. The number of hydrogen-bond donors (Lipinski definition) is 1. The molecule has 1 aliphatic heterocycles. The SMILES string of the molecule is CCN(CC)CCN1C(N)=NCC1c1cncn1C. The Labute approximate surface area is 114 Å². The van der Waals surface area contributed by atoms with Crippen LogP contribution in [0.15, 0.2) is 17.5 Å². The molecule has 2 N–H and O–H groups in total. The summed E-state index contributed by atoms with van der Waals surface area (Å²) in [7, 11) is 2.01. The molecule has 1 aromatic heterocycles. The Balaban J connectivity index is 2.04. The van der Waals surface area contributed by atoms with E-state index < -0.39 is 0 Å². The summed E-state index contributed by atoms with van der Waals surface area (Å²) in [6, 6.07) is 0.225. The lowest BCUT2D eigenvalue weighted by Gasteiger charge is -2.29. The minimum absolute atomic E-state index is 0.225. The summed E-state index contributed by atoms with van der Waals surface area (Å²) in [5.41, 5.74) is 7.19. The molecule has 0 fully saturated rings. The number of nitrogens with zero attached hydrogens (tertiary/aromatic N) is 5. The smallest absolute Gasteiger partial charge is 0.192 e. The first-order chi connectivity index (χ1) is 9.17. The van der Waals surface area contributed by atoms with Crippen LogP contribution >= 0.6 is 0 Å². The molecule has 1 aromatic rings. The molecule has 0 bridgehead atoms. The van der Waals surface area contributed by atoms with Gasteiger partial charge in [0.15, 0.2) is 5.96 Å². The summed E-state index contributed by atoms with van der Waals surface area (Å²) < 4.78 is 2.04. The number of hydrogen-bond acceptors (Lipinski definition) is 5. The van der Waals surface area contributed by atoms with Gasteiger partial charge in [-0.1, -0.05) is 13.8 Å². The van der Waals surface area contributed by atoms with E-state index in [-0.39, 0.29) is 6.04 Å². The average molecular weight is 264 g/mol. The van der Waals surface area contributed by atoms with Crippen LogP contribution in [-0.4, -0.2) is 58.0 Å². The van der Waals surface area contributed by atoms with Gasteiger partial charge in [0.05, 0.1) is 30.8 Å². The lowest BCUT2D eigenvalue weighted by Crippen LogP contribution is -2.42. The van der Waals surface area contributed by atoms with Crippen LogP contribution in [-0.2, 0) is 7.05 Å². The van der Waals surface area contributed by atoms with Gasteiger partial charge in [-0.2, -0.15) is 0 Å². The van der Waals surface area contributed by atoms with E-state index in [1.807, 2.05) is 24.1 Å². The molecule has 106 valence electrons. The largest absolute Gasteiger partial charge is 0.370 e. The lowest BCUT2D eigenvalue weighted by atomic mass is 10.2. The lowest BCUT2D eigenvalue weighted by molar-refractivity contribution is 0.245. The van der Waals surface area contributed by atoms with Crippen LogP contribution in [0.4, 0.5) is 0 Å². The monoisotopic (exact) mass is 264 g/mol. The van der Waals surface area contributed by atoms with Crippen LogP contribution in [0.2, 0.25) is 0 Å². The third kappa shape index (κ3) is 2.89. The number of imidazole rings is 1. The number of aryl methyl sites for hydroxylation is 1. The van der Waals surface area contributed by atoms with Crippen LogP contribution in [0.3, 0.4) is 0 Å². The Morgan fingerprint density at radius 1 is 1.42 bits per heavy atom. The molecule has 0 spiro atoms. The van der Waals surface area contributed by atoms with Crippen molar-refractivity contribution in [1.82, 2.24) is 19.4 Å². The first-order valence-corrected chi connectivity index (χ1v) is 6.92. The second-order valence-corrected chi connectivity index (χ2v) is 4.86. The molecule has 0 amide bonds. The van der Waals surface area contributed by atoms with E-state index >= 15 is 0 Å². The summed E-state index contributed by atoms with van der Waals surface area (Å²) in [5.74, 6) is 0.651. The predicted octanol–water partition coefficient (Wildman–Crippen LogP) is 0.433. The van der Waals surface area contributed by atoms with Gasteiger partial charge >= 0.3 is 0 Å². The fourth-order valence-corrected chi connectivity index (χ4v) is 2.53. The first kappa shape index (κ1) is 13.9. The highest BCUT2D eigenvalue weighted by atomic mass is 15.3. The fraction of sp³-hybridized carbons (Fsp3) is 0.692. The van der Waals surface area contributed by atoms with E-state index in [2.05, 4.69) is 33.6 Å². The topological polar surface area (TPSA) is 62.7 Å². The van der Waals surface area contributed by atoms with Crippen molar-refractivity contribution in [3.63, 3.8) is 0 Å². The second kappa shape index (κ2) is 6.06. The van der Waals surface area contributed by atoms with E-state index in [0.29, 0.717) is 5.96 Å². The van der Waals surface area contributed by atoms with Crippen molar-refractivity contribution in [2.45, 2.75) is 19.9 Å². The molecule has 0 aliphatic carbocycles. The van der Waals surface area contributed by atoms with Crippen LogP contribution in [0.5, 0.6) is 0 Å².